The number of esters is 1. The number of amides is 1. The lowest BCUT2D eigenvalue weighted by atomic mass is 9.68. The zero-order valence-corrected chi connectivity index (χ0v) is 29.1. The number of alkyl carbamates (subject to hydrolysis) is 1. The molecule has 1 aliphatic carbocycles. The summed E-state index contributed by atoms with van der Waals surface area (Å²) in [6, 6.07) is 33.4. The predicted molar refractivity (Wildman–Crippen MR) is 189 cm³/mol. The minimum Gasteiger partial charge on any atom is -0.493 e. The van der Waals surface area contributed by atoms with Crippen LogP contribution >= 0.6 is 23.2 Å². The van der Waals surface area contributed by atoms with E-state index < -0.39 is 29.2 Å². The number of rotatable bonds is 13. The number of ether oxygens (including phenoxy) is 4. The molecule has 0 aliphatic heterocycles. The van der Waals surface area contributed by atoms with Gasteiger partial charge in [-0.2, -0.15) is 0 Å². The van der Waals surface area contributed by atoms with Crippen LogP contribution in [-0.4, -0.2) is 55.3 Å². The van der Waals surface area contributed by atoms with Crippen molar-refractivity contribution in [3.63, 3.8) is 0 Å². The normalized spacial score (nSPS) is 14.2. The number of carbonyl (C=O) groups is 2. The van der Waals surface area contributed by atoms with E-state index in [1.54, 1.807) is 20.8 Å². The number of hydrogen-bond acceptors (Lipinski definition) is 6. The summed E-state index contributed by atoms with van der Waals surface area (Å²) < 4.78 is 22.6. The lowest BCUT2D eigenvalue weighted by Crippen LogP contribution is -2.38. The van der Waals surface area contributed by atoms with Crippen molar-refractivity contribution < 1.29 is 28.5 Å². The van der Waals surface area contributed by atoms with E-state index in [0.717, 1.165) is 16.9 Å². The van der Waals surface area contributed by atoms with Gasteiger partial charge in [-0.3, -0.25) is 4.79 Å². The van der Waals surface area contributed by atoms with Gasteiger partial charge in [0.1, 0.15) is 36.4 Å². The van der Waals surface area contributed by atoms with Crippen molar-refractivity contribution in [2.75, 3.05) is 31.5 Å². The molecule has 0 saturated heterocycles. The van der Waals surface area contributed by atoms with E-state index in [9.17, 15) is 9.59 Å². The van der Waals surface area contributed by atoms with Crippen LogP contribution in [0, 0.1) is 5.92 Å². The molecule has 252 valence electrons. The van der Waals surface area contributed by atoms with Crippen LogP contribution < -0.4 is 14.8 Å². The molecular weight excluding hydrogens is 649 g/mol. The van der Waals surface area contributed by atoms with Crippen LogP contribution in [0.15, 0.2) is 97.1 Å². The number of nitrogens with one attached hydrogen (secondary N) is 1. The van der Waals surface area contributed by atoms with E-state index in [0.29, 0.717) is 18.2 Å². The molecule has 0 saturated carbocycles. The Kier molecular flexibility index (Phi) is 11.2. The van der Waals surface area contributed by atoms with Gasteiger partial charge in [-0.25, -0.2) is 4.79 Å². The minimum atomic E-state index is -0.715. The fourth-order valence-corrected chi connectivity index (χ4v) is 6.14. The van der Waals surface area contributed by atoms with E-state index in [1.165, 1.54) is 22.3 Å². The first kappa shape index (κ1) is 35.1. The smallest absolute Gasteiger partial charge is 0.408 e. The fraction of sp³-hybridized carbons (Fsp3) is 0.333. The molecule has 7 nitrogen and oxygen atoms in total. The van der Waals surface area contributed by atoms with Crippen LogP contribution in [0.2, 0.25) is 0 Å². The molecule has 2 unspecified atom stereocenters. The summed E-state index contributed by atoms with van der Waals surface area (Å²) in [7, 11) is 0. The molecule has 0 heterocycles. The summed E-state index contributed by atoms with van der Waals surface area (Å²) in [6.45, 7) is 7.52. The zero-order valence-electron chi connectivity index (χ0n) is 27.6. The minimum absolute atomic E-state index is 0.0252. The van der Waals surface area contributed by atoms with Gasteiger partial charge in [0, 0.05) is 11.8 Å². The first-order chi connectivity index (χ1) is 23.0. The van der Waals surface area contributed by atoms with E-state index in [1.807, 2.05) is 24.3 Å². The van der Waals surface area contributed by atoms with Crippen LogP contribution in [-0.2, 0) is 19.7 Å². The average Bonchev–Trinajstić information content (AvgIpc) is 3.39. The van der Waals surface area contributed by atoms with Crippen LogP contribution in [0.5, 0.6) is 11.5 Å². The number of benzene rings is 4. The Hall–Kier alpha value is -4.20. The van der Waals surface area contributed by atoms with E-state index in [2.05, 4.69) is 85.0 Å². The van der Waals surface area contributed by atoms with Crippen molar-refractivity contribution in [2.45, 2.75) is 44.8 Å². The fourth-order valence-electron chi connectivity index (χ4n) is 5.89. The topological polar surface area (TPSA) is 83.1 Å². The summed E-state index contributed by atoms with van der Waals surface area (Å²) >= 11 is 12.1. The maximum absolute atomic E-state index is 12.3. The molecule has 0 radical (unpaired) electrons. The predicted octanol–water partition coefficient (Wildman–Crippen LogP) is 8.36. The molecule has 48 heavy (non-hydrogen) atoms. The summed E-state index contributed by atoms with van der Waals surface area (Å²) in [4.78, 5) is 24.2. The van der Waals surface area contributed by atoms with Gasteiger partial charge >= 0.3 is 12.1 Å². The van der Waals surface area contributed by atoms with Gasteiger partial charge in [0.05, 0.1) is 17.9 Å². The molecule has 2 atom stereocenters. The Morgan fingerprint density at radius 3 is 1.71 bits per heavy atom. The largest absolute Gasteiger partial charge is 0.493 e. The molecule has 0 spiro atoms. The second kappa shape index (κ2) is 15.3. The highest BCUT2D eigenvalue weighted by atomic mass is 35.5. The molecule has 0 aromatic heterocycles. The van der Waals surface area contributed by atoms with E-state index in [4.69, 9.17) is 42.1 Å². The zero-order chi connectivity index (χ0) is 34.3. The van der Waals surface area contributed by atoms with Gasteiger partial charge < -0.3 is 24.3 Å². The summed E-state index contributed by atoms with van der Waals surface area (Å²) in [5, 5.41) is 2.39. The third-order valence-corrected chi connectivity index (χ3v) is 8.88. The molecule has 9 heteroatoms. The lowest BCUT2D eigenvalue weighted by molar-refractivity contribution is -0.148. The van der Waals surface area contributed by atoms with Gasteiger partial charge in [0.25, 0.3) is 0 Å². The van der Waals surface area contributed by atoms with E-state index >= 15 is 0 Å². The van der Waals surface area contributed by atoms with Gasteiger partial charge in [-0.15, -0.1) is 23.2 Å². The molecule has 4 aromatic carbocycles. The highest BCUT2D eigenvalue weighted by molar-refractivity contribution is 6.18. The first-order valence-corrected chi connectivity index (χ1v) is 17.1. The summed E-state index contributed by atoms with van der Waals surface area (Å²) in [6.07, 6.45) is -1.42. The highest BCUT2D eigenvalue weighted by Crippen LogP contribution is 2.56. The van der Waals surface area contributed by atoms with Crippen molar-refractivity contribution >= 4 is 35.3 Å². The van der Waals surface area contributed by atoms with E-state index in [-0.39, 0.29) is 24.9 Å². The van der Waals surface area contributed by atoms with Crippen molar-refractivity contribution in [3.05, 3.63) is 119 Å². The van der Waals surface area contributed by atoms with Crippen LogP contribution in [0.25, 0.3) is 11.1 Å². The molecule has 5 rings (SSSR count). The second-order valence-electron chi connectivity index (χ2n) is 12.9. The monoisotopic (exact) mass is 689 g/mol. The van der Waals surface area contributed by atoms with Crippen LogP contribution in [0.3, 0.4) is 0 Å². The maximum Gasteiger partial charge on any atom is 0.408 e. The number of halogens is 2. The Morgan fingerprint density at radius 2 is 1.23 bits per heavy atom. The van der Waals surface area contributed by atoms with Gasteiger partial charge in [0.2, 0.25) is 0 Å². The number of alkyl halides is 2. The third-order valence-electron chi connectivity index (χ3n) is 8.01. The molecule has 4 aromatic rings. The van der Waals surface area contributed by atoms with Crippen molar-refractivity contribution in [2.24, 2.45) is 5.92 Å². The standard InChI is InChI=1S/C39H41Cl2NO6/c1-26(21-40)24-45-29-17-13-27(14-18-29)39(34-11-7-5-9-32(34)33-10-6-8-12-35(33)39)28-15-19-30(20-16-28)46-25-31(22-41)47-36(43)23-42-37(44)48-38(2,3)4/h5-20,26,31H,21-25H2,1-4H3,(H,42,44). The van der Waals surface area contributed by atoms with Gasteiger partial charge in [-0.1, -0.05) is 79.7 Å². The Morgan fingerprint density at radius 1 is 0.729 bits per heavy atom. The molecule has 1 aliphatic rings. The van der Waals surface area contributed by atoms with Crippen LogP contribution in [0.4, 0.5) is 4.79 Å². The molecule has 0 fully saturated rings. The quantitative estimate of drug-likeness (QED) is 0.0988. The maximum atomic E-state index is 12.3. The summed E-state index contributed by atoms with van der Waals surface area (Å²) in [5.74, 6) is 1.57. The van der Waals surface area contributed by atoms with Gasteiger partial charge in [0.15, 0.2) is 0 Å². The molecule has 1 amide bonds. The second-order valence-corrected chi connectivity index (χ2v) is 13.5. The Bertz CT molecular complexity index is 1660. The Labute approximate surface area is 292 Å². The van der Waals surface area contributed by atoms with Gasteiger partial charge in [-0.05, 0) is 78.4 Å². The lowest BCUT2D eigenvalue weighted by Gasteiger charge is -2.34. The number of hydrogen-bond donors (Lipinski definition) is 1. The average molecular weight is 691 g/mol. The molecule has 1 N–H and O–H groups in total. The summed E-state index contributed by atoms with van der Waals surface area (Å²) in [5.41, 5.74) is 5.70. The number of fused-ring (bicyclic) bond motifs is 3. The molecular formula is C39H41Cl2NO6. The third kappa shape index (κ3) is 7.91. The Balaban J connectivity index is 1.37. The van der Waals surface area contributed by atoms with Crippen LogP contribution in [0.1, 0.15) is 49.9 Å². The SMILES string of the molecule is CC(CCl)COc1ccc(C2(c3ccc(OCC(CCl)OC(=O)CNC(=O)OC(C)(C)C)cc3)c3ccccc3-c3ccccc32)cc1. The molecule has 0 bridgehead atoms. The first-order valence-electron chi connectivity index (χ1n) is 16.0. The van der Waals surface area contributed by atoms with Crippen molar-refractivity contribution in [1.82, 2.24) is 5.32 Å². The highest BCUT2D eigenvalue weighted by Gasteiger charge is 2.45. The number of carbonyl (C=O) groups excluding carboxylic acids is 2. The van der Waals surface area contributed by atoms with Crippen molar-refractivity contribution in [3.8, 4) is 22.6 Å². The van der Waals surface area contributed by atoms with Crippen molar-refractivity contribution in [1.29, 1.82) is 0 Å².